The monoisotopic (exact) mass is 86.1 g/mol. The van der Waals surface area contributed by atoms with Gasteiger partial charge >= 0.3 is 5.96 Å². The van der Waals surface area contributed by atoms with Crippen molar-refractivity contribution in [2.45, 2.75) is 0 Å². The maximum atomic E-state index is 7.74. The molecule has 0 spiro atoms. The first-order valence-corrected chi connectivity index (χ1v) is 1.46. The molecule has 0 aromatic rings. The van der Waals surface area contributed by atoms with Crippen LogP contribution in [0.25, 0.3) is 5.53 Å². The van der Waals surface area contributed by atoms with E-state index in [4.69, 9.17) is 11.3 Å². The maximum absolute atomic E-state index is 7.74. The van der Waals surface area contributed by atoms with E-state index in [1.807, 2.05) is 0 Å². The van der Waals surface area contributed by atoms with Crippen molar-refractivity contribution in [2.24, 2.45) is 5.73 Å². The predicted molar refractivity (Wildman–Crippen MR) is 21.9 cm³/mol. The van der Waals surface area contributed by atoms with Crippen LogP contribution in [0.3, 0.4) is 0 Å². The molecule has 0 aliphatic rings. The minimum atomic E-state index is 0.0231. The second-order valence-corrected chi connectivity index (χ2v) is 0.735. The first kappa shape index (κ1) is 4.98. The van der Waals surface area contributed by atoms with E-state index in [9.17, 15) is 0 Å². The third kappa shape index (κ3) is 1.32. The van der Waals surface area contributed by atoms with E-state index in [1.165, 1.54) is 0 Å². The summed E-state index contributed by atoms with van der Waals surface area (Å²) >= 11 is 0. The number of hydrogen-bond acceptors (Lipinski definition) is 0. The number of guanidine groups is 1. The Labute approximate surface area is 35.6 Å². The molecule has 0 unspecified atom stereocenters. The number of hydrogen-bond donors (Lipinski definition) is 2. The van der Waals surface area contributed by atoms with Gasteiger partial charge in [-0.2, -0.15) is 0 Å². The standard InChI is InChI=1S/C2H6N4/c1-5-2(3)6-4/h5H,3H2,1H3. The molecule has 4 nitrogen and oxygen atoms in total. The van der Waals surface area contributed by atoms with Crippen molar-refractivity contribution in [2.75, 3.05) is 7.05 Å². The molecule has 0 saturated heterocycles. The predicted octanol–water partition coefficient (Wildman–Crippen LogP) is -1.25. The average molecular weight is 86.1 g/mol. The van der Waals surface area contributed by atoms with Crippen LogP contribution >= 0.6 is 0 Å². The summed E-state index contributed by atoms with van der Waals surface area (Å²) in [6.45, 7) is 0. The maximum Gasteiger partial charge on any atom is 0.420 e. The molecule has 3 N–H and O–H groups in total. The number of nitrogens with two attached hydrogens (primary N) is 1. The van der Waals surface area contributed by atoms with Crippen LogP contribution in [0, 0.1) is 0 Å². The molecule has 0 radical (unpaired) electrons. The molecule has 0 rings (SSSR count). The summed E-state index contributed by atoms with van der Waals surface area (Å²) in [5.74, 6) is 0.0231. The lowest BCUT2D eigenvalue weighted by molar-refractivity contribution is -0.0117. The Hall–Kier alpha value is -1.02. The summed E-state index contributed by atoms with van der Waals surface area (Å²) in [6, 6.07) is 0. The van der Waals surface area contributed by atoms with Gasteiger partial charge in [-0.1, -0.05) is 0 Å². The van der Waals surface area contributed by atoms with Gasteiger partial charge in [0.25, 0.3) is 0 Å². The topological polar surface area (TPSA) is 74.5 Å². The van der Waals surface area contributed by atoms with Gasteiger partial charge in [-0.05, 0) is 0 Å². The highest BCUT2D eigenvalue weighted by molar-refractivity contribution is 5.71. The zero-order valence-corrected chi connectivity index (χ0v) is 3.47. The lowest BCUT2D eigenvalue weighted by atomic mass is 11.0. The quantitative estimate of drug-likeness (QED) is 0.167. The summed E-state index contributed by atoms with van der Waals surface area (Å²) in [5.41, 5.74) is 12.6. The Morgan fingerprint density at radius 3 is 2.50 bits per heavy atom. The van der Waals surface area contributed by atoms with Crippen LogP contribution < -0.4 is 11.1 Å². The van der Waals surface area contributed by atoms with Gasteiger partial charge in [-0.25, -0.2) is 0 Å². The SMILES string of the molecule is CNC(N)=[N+]=[N-]. The van der Waals surface area contributed by atoms with Gasteiger partial charge in [-0.3, -0.25) is 11.1 Å². The molecule has 0 amide bonds. The van der Waals surface area contributed by atoms with Gasteiger partial charge in [0, 0.05) is 0 Å². The Balaban J connectivity index is 3.52. The lowest BCUT2D eigenvalue weighted by Gasteiger charge is -1.78. The van der Waals surface area contributed by atoms with E-state index >= 15 is 0 Å². The Bertz CT molecular complexity index is 79.5. The van der Waals surface area contributed by atoms with E-state index in [1.54, 1.807) is 7.05 Å². The van der Waals surface area contributed by atoms with Crippen LogP contribution in [0.2, 0.25) is 0 Å². The van der Waals surface area contributed by atoms with Crippen LogP contribution in [-0.4, -0.2) is 17.8 Å². The second-order valence-electron chi connectivity index (χ2n) is 0.735. The number of nitrogens with zero attached hydrogens (tertiary/aromatic N) is 2. The fraction of sp³-hybridized carbons (Fsp3) is 0.500. The van der Waals surface area contributed by atoms with E-state index in [2.05, 4.69) is 10.1 Å². The highest BCUT2D eigenvalue weighted by Gasteiger charge is 1.82. The summed E-state index contributed by atoms with van der Waals surface area (Å²) in [6.07, 6.45) is 0. The van der Waals surface area contributed by atoms with Gasteiger partial charge in [0.2, 0.25) is 0 Å². The van der Waals surface area contributed by atoms with Gasteiger partial charge in [-0.15, -0.1) is 0 Å². The largest absolute Gasteiger partial charge is 0.543 e. The normalized spacial score (nSPS) is 6.17. The molecule has 4 heteroatoms. The van der Waals surface area contributed by atoms with E-state index in [0.717, 1.165) is 0 Å². The van der Waals surface area contributed by atoms with Crippen LogP contribution in [0.5, 0.6) is 0 Å². The molecular formula is C2H6N4. The van der Waals surface area contributed by atoms with Crippen molar-refractivity contribution in [3.8, 4) is 0 Å². The van der Waals surface area contributed by atoms with Crippen molar-refractivity contribution in [1.82, 2.24) is 5.32 Å². The van der Waals surface area contributed by atoms with E-state index in [-0.39, 0.29) is 5.96 Å². The molecular weight excluding hydrogens is 80.0 g/mol. The van der Waals surface area contributed by atoms with Crippen molar-refractivity contribution in [3.63, 3.8) is 0 Å². The molecule has 0 atom stereocenters. The molecule has 0 fully saturated rings. The third-order valence-electron chi connectivity index (χ3n) is 0.364. The first-order chi connectivity index (χ1) is 2.81. The fourth-order valence-electron chi connectivity index (χ4n) is 0.0500. The average Bonchev–Trinajstić information content (AvgIpc) is 1.65. The molecule has 0 aromatic heterocycles. The second kappa shape index (κ2) is 2.23. The molecule has 6 heavy (non-hydrogen) atoms. The lowest BCUT2D eigenvalue weighted by Crippen LogP contribution is -2.28. The summed E-state index contributed by atoms with van der Waals surface area (Å²) in [5, 5.41) is 2.39. The molecule has 0 aromatic carbocycles. The molecule has 0 saturated carbocycles. The zero-order valence-electron chi connectivity index (χ0n) is 3.47. The van der Waals surface area contributed by atoms with Crippen molar-refractivity contribution < 1.29 is 4.79 Å². The Morgan fingerprint density at radius 2 is 2.50 bits per heavy atom. The Morgan fingerprint density at radius 1 is 2.00 bits per heavy atom. The van der Waals surface area contributed by atoms with Crippen molar-refractivity contribution >= 4 is 5.96 Å². The molecule has 0 aliphatic heterocycles. The molecule has 0 bridgehead atoms. The molecule has 0 heterocycles. The van der Waals surface area contributed by atoms with Gasteiger partial charge in [0.05, 0.1) is 7.05 Å². The first-order valence-electron chi connectivity index (χ1n) is 1.46. The van der Waals surface area contributed by atoms with Gasteiger partial charge in [0.15, 0.2) is 0 Å². The number of nitrogens with one attached hydrogen (secondary N) is 1. The van der Waals surface area contributed by atoms with E-state index in [0.29, 0.717) is 0 Å². The van der Waals surface area contributed by atoms with Crippen molar-refractivity contribution in [3.05, 3.63) is 5.53 Å². The van der Waals surface area contributed by atoms with Gasteiger partial charge < -0.3 is 10.3 Å². The van der Waals surface area contributed by atoms with Crippen LogP contribution in [0.1, 0.15) is 0 Å². The van der Waals surface area contributed by atoms with E-state index < -0.39 is 0 Å². The molecule has 34 valence electrons. The summed E-state index contributed by atoms with van der Waals surface area (Å²) in [7, 11) is 1.56. The van der Waals surface area contributed by atoms with Crippen molar-refractivity contribution in [1.29, 1.82) is 0 Å². The van der Waals surface area contributed by atoms with Gasteiger partial charge in [0.1, 0.15) is 0 Å². The highest BCUT2D eigenvalue weighted by atomic mass is 15.1. The van der Waals surface area contributed by atoms with Crippen LogP contribution in [0.15, 0.2) is 0 Å². The highest BCUT2D eigenvalue weighted by Crippen LogP contribution is 1.32. The summed E-state index contributed by atoms with van der Waals surface area (Å²) in [4.78, 5) is 2.59. The summed E-state index contributed by atoms with van der Waals surface area (Å²) < 4.78 is 0. The Kier molecular flexibility index (Phi) is 1.85. The zero-order chi connectivity index (χ0) is 4.99. The fourth-order valence-corrected chi connectivity index (χ4v) is 0.0500. The van der Waals surface area contributed by atoms with Crippen LogP contribution in [-0.2, 0) is 0 Å². The third-order valence-corrected chi connectivity index (χ3v) is 0.364. The number of rotatable bonds is 0. The van der Waals surface area contributed by atoms with Crippen LogP contribution in [0.4, 0.5) is 0 Å². The molecule has 0 aliphatic carbocycles. The smallest absolute Gasteiger partial charge is 0.420 e. The minimum Gasteiger partial charge on any atom is -0.543 e. The minimum absolute atomic E-state index is 0.0231.